The molecule has 3 rings (SSSR count). The Kier molecular flexibility index (Phi) is 5.62. The molecule has 0 saturated carbocycles. The second-order valence-corrected chi connectivity index (χ2v) is 7.08. The Morgan fingerprint density at radius 3 is 2.40 bits per heavy atom. The average molecular weight is 382 g/mol. The molecule has 2 aromatic rings. The molecule has 0 spiro atoms. The zero-order valence-electron chi connectivity index (χ0n) is 13.5. The van der Waals surface area contributed by atoms with Crippen LogP contribution in [0.5, 0.6) is 0 Å². The summed E-state index contributed by atoms with van der Waals surface area (Å²) in [6, 6.07) is 11.6. The van der Waals surface area contributed by atoms with Crippen LogP contribution in [-0.2, 0) is 10.2 Å². The van der Waals surface area contributed by atoms with Crippen molar-refractivity contribution in [1.82, 2.24) is 5.32 Å². The van der Waals surface area contributed by atoms with Crippen molar-refractivity contribution in [3.05, 3.63) is 69.5 Å². The Morgan fingerprint density at radius 2 is 1.72 bits per heavy atom. The van der Waals surface area contributed by atoms with Gasteiger partial charge in [-0.3, -0.25) is 4.79 Å². The van der Waals surface area contributed by atoms with Crippen molar-refractivity contribution in [3.63, 3.8) is 0 Å². The van der Waals surface area contributed by atoms with Crippen molar-refractivity contribution in [2.75, 3.05) is 19.8 Å². The number of amides is 1. The fraction of sp³-hybridized carbons (Fsp3) is 0.316. The molecule has 1 fully saturated rings. The molecule has 2 aromatic carbocycles. The largest absolute Gasteiger partial charge is 0.381 e. The summed E-state index contributed by atoms with van der Waals surface area (Å²) in [7, 11) is 0. The first-order valence-electron chi connectivity index (χ1n) is 8.07. The summed E-state index contributed by atoms with van der Waals surface area (Å²) >= 11 is 11.9. The van der Waals surface area contributed by atoms with E-state index < -0.39 is 11.7 Å². The lowest BCUT2D eigenvalue weighted by molar-refractivity contribution is 0.0487. The van der Waals surface area contributed by atoms with Gasteiger partial charge in [0.25, 0.3) is 5.91 Å². The number of halogens is 3. The van der Waals surface area contributed by atoms with Crippen molar-refractivity contribution in [3.8, 4) is 0 Å². The molecule has 3 nitrogen and oxygen atoms in total. The van der Waals surface area contributed by atoms with E-state index in [9.17, 15) is 9.18 Å². The number of benzene rings is 2. The molecule has 1 N–H and O–H groups in total. The summed E-state index contributed by atoms with van der Waals surface area (Å²) in [4.78, 5) is 12.4. The van der Waals surface area contributed by atoms with E-state index >= 15 is 0 Å². The summed E-state index contributed by atoms with van der Waals surface area (Å²) in [5.74, 6) is -1.06. The third kappa shape index (κ3) is 4.14. The second-order valence-electron chi connectivity index (χ2n) is 6.21. The highest BCUT2D eigenvalue weighted by Crippen LogP contribution is 2.35. The Morgan fingerprint density at radius 1 is 1.08 bits per heavy atom. The summed E-state index contributed by atoms with van der Waals surface area (Å²) in [5, 5.41) is 3.85. The number of ether oxygens (including phenoxy) is 1. The van der Waals surface area contributed by atoms with Crippen LogP contribution >= 0.6 is 23.2 Å². The second kappa shape index (κ2) is 7.73. The highest BCUT2D eigenvalue weighted by Gasteiger charge is 2.35. The quantitative estimate of drug-likeness (QED) is 0.839. The van der Waals surface area contributed by atoms with Crippen molar-refractivity contribution in [1.29, 1.82) is 0 Å². The zero-order chi connectivity index (χ0) is 17.9. The third-order valence-corrected chi connectivity index (χ3v) is 5.15. The third-order valence-electron chi connectivity index (χ3n) is 4.67. The lowest BCUT2D eigenvalue weighted by atomic mass is 9.74. The van der Waals surface area contributed by atoms with Crippen molar-refractivity contribution < 1.29 is 13.9 Å². The van der Waals surface area contributed by atoms with Gasteiger partial charge < -0.3 is 10.1 Å². The standard InChI is InChI=1S/C19H18Cl2FNO2/c20-14-3-1-13(2-4-14)19(7-9-25-10-8-19)12-23-18(24)16-11-15(21)5-6-17(16)22/h1-6,11H,7-10,12H2,(H,23,24). The Balaban J connectivity index is 1.80. The van der Waals surface area contributed by atoms with Crippen LogP contribution in [-0.4, -0.2) is 25.7 Å². The van der Waals surface area contributed by atoms with Gasteiger partial charge in [-0.1, -0.05) is 35.3 Å². The molecule has 0 atom stereocenters. The Hall–Kier alpha value is -1.62. The molecule has 1 heterocycles. The van der Waals surface area contributed by atoms with Crippen LogP contribution in [0, 0.1) is 5.82 Å². The highest BCUT2D eigenvalue weighted by atomic mass is 35.5. The van der Waals surface area contributed by atoms with Crippen LogP contribution in [0.15, 0.2) is 42.5 Å². The number of rotatable bonds is 4. The van der Waals surface area contributed by atoms with Crippen LogP contribution in [0.4, 0.5) is 4.39 Å². The first-order valence-corrected chi connectivity index (χ1v) is 8.83. The predicted octanol–water partition coefficient (Wildman–Crippen LogP) is 4.61. The van der Waals surface area contributed by atoms with E-state index in [4.69, 9.17) is 27.9 Å². The maximum absolute atomic E-state index is 13.9. The monoisotopic (exact) mass is 381 g/mol. The molecule has 1 aliphatic heterocycles. The van der Waals surface area contributed by atoms with Gasteiger partial charge in [-0.2, -0.15) is 0 Å². The van der Waals surface area contributed by atoms with Gasteiger partial charge in [-0.15, -0.1) is 0 Å². The van der Waals surface area contributed by atoms with Crippen molar-refractivity contribution in [2.24, 2.45) is 0 Å². The summed E-state index contributed by atoms with van der Waals surface area (Å²) in [5.41, 5.74) is 0.783. The van der Waals surface area contributed by atoms with Crippen LogP contribution in [0.25, 0.3) is 0 Å². The minimum Gasteiger partial charge on any atom is -0.381 e. The molecule has 1 aliphatic rings. The van der Waals surface area contributed by atoms with E-state index in [1.54, 1.807) is 0 Å². The molecule has 0 bridgehead atoms. The van der Waals surface area contributed by atoms with E-state index in [1.165, 1.54) is 18.2 Å². The van der Waals surface area contributed by atoms with Gasteiger partial charge in [0.15, 0.2) is 0 Å². The van der Waals surface area contributed by atoms with Crippen LogP contribution in [0.2, 0.25) is 10.0 Å². The first kappa shape index (κ1) is 18.2. The minimum atomic E-state index is -0.588. The van der Waals surface area contributed by atoms with E-state index in [1.807, 2.05) is 24.3 Å². The molecule has 0 aromatic heterocycles. The summed E-state index contributed by atoms with van der Waals surface area (Å²) in [6.45, 7) is 1.62. The zero-order valence-corrected chi connectivity index (χ0v) is 15.0. The number of hydrogen-bond acceptors (Lipinski definition) is 2. The van der Waals surface area contributed by atoms with Crippen LogP contribution in [0.1, 0.15) is 28.8 Å². The van der Waals surface area contributed by atoms with Gasteiger partial charge in [0, 0.05) is 35.2 Å². The van der Waals surface area contributed by atoms with Gasteiger partial charge in [0.2, 0.25) is 0 Å². The molecule has 1 amide bonds. The lowest BCUT2D eigenvalue weighted by Gasteiger charge is -2.38. The van der Waals surface area contributed by atoms with Crippen LogP contribution in [0.3, 0.4) is 0 Å². The molecule has 132 valence electrons. The van der Waals surface area contributed by atoms with Crippen molar-refractivity contribution in [2.45, 2.75) is 18.3 Å². The van der Waals surface area contributed by atoms with E-state index in [-0.39, 0.29) is 11.0 Å². The van der Waals surface area contributed by atoms with E-state index in [2.05, 4.69) is 5.32 Å². The van der Waals surface area contributed by atoms with Gasteiger partial charge in [0.1, 0.15) is 5.82 Å². The molecule has 6 heteroatoms. The molecular weight excluding hydrogens is 364 g/mol. The summed E-state index contributed by atoms with van der Waals surface area (Å²) < 4.78 is 19.4. The lowest BCUT2D eigenvalue weighted by Crippen LogP contribution is -2.44. The number of nitrogens with one attached hydrogen (secondary N) is 1. The fourth-order valence-corrected chi connectivity index (χ4v) is 3.45. The highest BCUT2D eigenvalue weighted by molar-refractivity contribution is 6.31. The Bertz CT molecular complexity index is 759. The smallest absolute Gasteiger partial charge is 0.254 e. The first-order chi connectivity index (χ1) is 12.0. The van der Waals surface area contributed by atoms with Gasteiger partial charge in [-0.05, 0) is 48.7 Å². The van der Waals surface area contributed by atoms with Crippen LogP contribution < -0.4 is 5.32 Å². The molecule has 0 aliphatic carbocycles. The molecule has 0 radical (unpaired) electrons. The van der Waals surface area contributed by atoms with E-state index in [0.29, 0.717) is 29.8 Å². The Labute approximate surface area is 156 Å². The summed E-state index contributed by atoms with van der Waals surface area (Å²) in [6.07, 6.45) is 1.54. The van der Waals surface area contributed by atoms with Gasteiger partial charge in [0.05, 0.1) is 5.56 Å². The molecule has 1 saturated heterocycles. The molecule has 0 unspecified atom stereocenters. The van der Waals surface area contributed by atoms with E-state index in [0.717, 1.165) is 18.4 Å². The number of hydrogen-bond donors (Lipinski definition) is 1. The topological polar surface area (TPSA) is 38.3 Å². The average Bonchev–Trinajstić information content (AvgIpc) is 2.63. The normalized spacial score (nSPS) is 16.4. The van der Waals surface area contributed by atoms with Crippen molar-refractivity contribution >= 4 is 29.1 Å². The fourth-order valence-electron chi connectivity index (χ4n) is 3.15. The maximum atomic E-state index is 13.9. The molecule has 25 heavy (non-hydrogen) atoms. The number of carbonyl (C=O) groups is 1. The van der Waals surface area contributed by atoms with Gasteiger partial charge in [-0.25, -0.2) is 4.39 Å². The van der Waals surface area contributed by atoms with Gasteiger partial charge >= 0.3 is 0 Å². The molecular formula is C19H18Cl2FNO2. The maximum Gasteiger partial charge on any atom is 0.254 e. The predicted molar refractivity (Wildman–Crippen MR) is 96.9 cm³/mol. The minimum absolute atomic E-state index is 0.0502. The SMILES string of the molecule is O=C(NCC1(c2ccc(Cl)cc2)CCOCC1)c1cc(Cl)ccc1F. The number of carbonyl (C=O) groups excluding carboxylic acids is 1.